The Hall–Kier alpha value is -2.41. The lowest BCUT2D eigenvalue weighted by Gasteiger charge is -2.16. The lowest BCUT2D eigenvalue weighted by molar-refractivity contribution is -0.127. The van der Waals surface area contributed by atoms with Gasteiger partial charge in [-0.05, 0) is 45.0 Å². The fourth-order valence-electron chi connectivity index (χ4n) is 2.30. The molecule has 0 aliphatic carbocycles. The molecule has 2 rings (SSSR count). The summed E-state index contributed by atoms with van der Waals surface area (Å²) in [5.41, 5.74) is 1.07. The third-order valence-corrected chi connectivity index (χ3v) is 3.84. The van der Waals surface area contributed by atoms with Crippen LogP contribution < -0.4 is 15.7 Å². The van der Waals surface area contributed by atoms with Gasteiger partial charge in [-0.1, -0.05) is 11.6 Å². The number of nitrogens with zero attached hydrogens (tertiary/aromatic N) is 2. The molecule has 1 heterocycles. The monoisotopic (exact) mass is 367 g/mol. The maximum Gasteiger partial charge on any atom is 0.348 e. The van der Waals surface area contributed by atoms with Gasteiger partial charge < -0.3 is 10.1 Å². The van der Waals surface area contributed by atoms with Crippen LogP contribution in [-0.4, -0.2) is 28.1 Å². The molecule has 1 atom stereocenters. The molecule has 6 nitrogen and oxygen atoms in total. The Labute approximate surface area is 149 Å². The van der Waals surface area contributed by atoms with E-state index < -0.39 is 11.9 Å². The summed E-state index contributed by atoms with van der Waals surface area (Å²) < 4.78 is 19.9. The number of aryl methyl sites for hydroxylation is 2. The highest BCUT2D eigenvalue weighted by Crippen LogP contribution is 2.25. The average Bonchev–Trinajstić information content (AvgIpc) is 2.52. The Morgan fingerprint density at radius 3 is 2.76 bits per heavy atom. The first-order valence-corrected chi connectivity index (χ1v) is 8.10. The molecule has 134 valence electrons. The predicted molar refractivity (Wildman–Crippen MR) is 92.5 cm³/mol. The molecule has 0 saturated heterocycles. The Kier molecular flexibility index (Phi) is 6.14. The first kappa shape index (κ1) is 18.9. The SMILES string of the molecule is Cc1cc(C)n(CCNC(=O)[C@H](C)Oc2ccc(F)cc2Cl)c(=O)n1. The highest BCUT2D eigenvalue weighted by Gasteiger charge is 2.16. The van der Waals surface area contributed by atoms with Crippen LogP contribution in [0.3, 0.4) is 0 Å². The molecule has 0 aliphatic heterocycles. The number of rotatable bonds is 6. The van der Waals surface area contributed by atoms with E-state index in [4.69, 9.17) is 16.3 Å². The van der Waals surface area contributed by atoms with Crippen molar-refractivity contribution in [3.8, 4) is 5.75 Å². The van der Waals surface area contributed by atoms with Crippen LogP contribution in [0.2, 0.25) is 5.02 Å². The predicted octanol–water partition coefficient (Wildman–Crippen LogP) is 2.24. The van der Waals surface area contributed by atoms with Crippen molar-refractivity contribution in [1.82, 2.24) is 14.9 Å². The maximum absolute atomic E-state index is 13.0. The molecule has 0 fully saturated rings. The van der Waals surface area contributed by atoms with Gasteiger partial charge in [0.2, 0.25) is 0 Å². The number of benzene rings is 1. The average molecular weight is 368 g/mol. The molecule has 1 aromatic carbocycles. The summed E-state index contributed by atoms with van der Waals surface area (Å²) in [5, 5.41) is 2.77. The minimum atomic E-state index is -0.822. The second-order valence-electron chi connectivity index (χ2n) is 5.60. The first-order chi connectivity index (χ1) is 11.8. The van der Waals surface area contributed by atoms with Gasteiger partial charge in [-0.2, -0.15) is 4.98 Å². The largest absolute Gasteiger partial charge is 0.479 e. The third kappa shape index (κ3) is 5.03. The summed E-state index contributed by atoms with van der Waals surface area (Å²) in [6.45, 7) is 5.66. The van der Waals surface area contributed by atoms with E-state index >= 15 is 0 Å². The van der Waals surface area contributed by atoms with E-state index in [9.17, 15) is 14.0 Å². The van der Waals surface area contributed by atoms with Crippen molar-refractivity contribution < 1.29 is 13.9 Å². The van der Waals surface area contributed by atoms with Crippen molar-refractivity contribution in [2.24, 2.45) is 0 Å². The molecule has 2 aromatic rings. The van der Waals surface area contributed by atoms with Gasteiger partial charge >= 0.3 is 5.69 Å². The zero-order chi connectivity index (χ0) is 18.6. The first-order valence-electron chi connectivity index (χ1n) is 7.72. The number of hydrogen-bond donors (Lipinski definition) is 1. The van der Waals surface area contributed by atoms with Crippen LogP contribution in [0.1, 0.15) is 18.3 Å². The zero-order valence-electron chi connectivity index (χ0n) is 14.2. The van der Waals surface area contributed by atoms with E-state index in [1.54, 1.807) is 26.8 Å². The van der Waals surface area contributed by atoms with Crippen LogP contribution >= 0.6 is 11.6 Å². The normalized spacial score (nSPS) is 11.9. The summed E-state index contributed by atoms with van der Waals surface area (Å²) in [7, 11) is 0. The molecular formula is C17H19ClFN3O3. The Morgan fingerprint density at radius 2 is 2.12 bits per heavy atom. The van der Waals surface area contributed by atoms with Crippen molar-refractivity contribution >= 4 is 17.5 Å². The van der Waals surface area contributed by atoms with Crippen LogP contribution in [0.4, 0.5) is 4.39 Å². The minimum absolute atomic E-state index is 0.0903. The van der Waals surface area contributed by atoms with Gasteiger partial charge in [0.1, 0.15) is 11.6 Å². The lowest BCUT2D eigenvalue weighted by Crippen LogP contribution is -2.39. The Morgan fingerprint density at radius 1 is 1.40 bits per heavy atom. The van der Waals surface area contributed by atoms with Gasteiger partial charge in [0.25, 0.3) is 5.91 Å². The van der Waals surface area contributed by atoms with Gasteiger partial charge in [-0.15, -0.1) is 0 Å². The number of ether oxygens (including phenoxy) is 1. The number of nitrogens with one attached hydrogen (secondary N) is 1. The van der Waals surface area contributed by atoms with Gasteiger partial charge in [0.15, 0.2) is 6.10 Å². The third-order valence-electron chi connectivity index (χ3n) is 3.55. The molecule has 0 spiro atoms. The van der Waals surface area contributed by atoms with Crippen molar-refractivity contribution in [2.75, 3.05) is 6.54 Å². The van der Waals surface area contributed by atoms with Gasteiger partial charge in [0, 0.05) is 24.5 Å². The molecule has 25 heavy (non-hydrogen) atoms. The van der Waals surface area contributed by atoms with E-state index in [1.807, 2.05) is 0 Å². The fraction of sp³-hybridized carbons (Fsp3) is 0.353. The molecule has 1 N–H and O–H groups in total. The quantitative estimate of drug-likeness (QED) is 0.849. The van der Waals surface area contributed by atoms with Crippen LogP contribution in [0, 0.1) is 19.7 Å². The van der Waals surface area contributed by atoms with E-state index in [0.29, 0.717) is 12.2 Å². The second-order valence-corrected chi connectivity index (χ2v) is 6.01. The molecular weight excluding hydrogens is 349 g/mol. The van der Waals surface area contributed by atoms with Crippen LogP contribution in [-0.2, 0) is 11.3 Å². The molecule has 0 radical (unpaired) electrons. The zero-order valence-corrected chi connectivity index (χ0v) is 14.9. The number of carbonyl (C=O) groups excluding carboxylic acids is 1. The standard InChI is InChI=1S/C17H19ClFN3O3/c1-10-8-11(2)22(17(24)21-10)7-6-20-16(23)12(3)25-15-5-4-13(19)9-14(15)18/h4-5,8-9,12H,6-7H2,1-3H3,(H,20,23)/t12-/m0/s1. The number of aromatic nitrogens is 2. The van der Waals surface area contributed by atoms with E-state index in [0.717, 1.165) is 11.8 Å². The summed E-state index contributed by atoms with van der Waals surface area (Å²) in [6, 6.07) is 5.47. The highest BCUT2D eigenvalue weighted by atomic mass is 35.5. The van der Waals surface area contributed by atoms with Crippen molar-refractivity contribution in [1.29, 1.82) is 0 Å². The van der Waals surface area contributed by atoms with Crippen molar-refractivity contribution in [3.05, 3.63) is 57.0 Å². The molecule has 1 amide bonds. The Balaban J connectivity index is 1.91. The molecule has 1 aromatic heterocycles. The van der Waals surface area contributed by atoms with E-state index in [1.165, 1.54) is 16.7 Å². The van der Waals surface area contributed by atoms with Crippen LogP contribution in [0.5, 0.6) is 5.75 Å². The number of carbonyl (C=O) groups is 1. The molecule has 0 saturated carbocycles. The molecule has 0 aliphatic rings. The fourth-order valence-corrected chi connectivity index (χ4v) is 2.51. The van der Waals surface area contributed by atoms with Crippen LogP contribution in [0.25, 0.3) is 0 Å². The highest BCUT2D eigenvalue weighted by molar-refractivity contribution is 6.32. The Bertz CT molecular complexity index is 838. The van der Waals surface area contributed by atoms with Crippen LogP contribution in [0.15, 0.2) is 29.1 Å². The van der Waals surface area contributed by atoms with E-state index in [2.05, 4.69) is 10.3 Å². The summed E-state index contributed by atoms with van der Waals surface area (Å²) >= 11 is 5.87. The van der Waals surface area contributed by atoms with Crippen molar-refractivity contribution in [3.63, 3.8) is 0 Å². The molecule has 0 unspecified atom stereocenters. The smallest absolute Gasteiger partial charge is 0.348 e. The molecule has 0 bridgehead atoms. The summed E-state index contributed by atoms with van der Waals surface area (Å²) in [5.74, 6) is -0.631. The number of amides is 1. The minimum Gasteiger partial charge on any atom is -0.479 e. The number of hydrogen-bond acceptors (Lipinski definition) is 4. The van der Waals surface area contributed by atoms with Gasteiger partial charge in [-0.3, -0.25) is 9.36 Å². The van der Waals surface area contributed by atoms with E-state index in [-0.39, 0.29) is 28.9 Å². The summed E-state index contributed by atoms with van der Waals surface area (Å²) in [6.07, 6.45) is -0.822. The second kappa shape index (κ2) is 8.11. The molecule has 8 heteroatoms. The topological polar surface area (TPSA) is 73.2 Å². The maximum atomic E-state index is 13.0. The lowest BCUT2D eigenvalue weighted by atomic mass is 10.3. The van der Waals surface area contributed by atoms with Gasteiger partial charge in [-0.25, -0.2) is 9.18 Å². The summed E-state index contributed by atoms with van der Waals surface area (Å²) in [4.78, 5) is 27.8. The number of halogens is 2. The van der Waals surface area contributed by atoms with Gasteiger partial charge in [0.05, 0.1) is 5.02 Å². The van der Waals surface area contributed by atoms with Crippen molar-refractivity contribution in [2.45, 2.75) is 33.4 Å².